The molecule has 0 saturated carbocycles. The van der Waals surface area contributed by atoms with Gasteiger partial charge in [-0.25, -0.2) is 9.79 Å². The minimum atomic E-state index is 0.465. The monoisotopic (exact) mass is 197 g/mol. The molecule has 1 aliphatic rings. The first-order chi connectivity index (χ1) is 6.33. The van der Waals surface area contributed by atoms with Crippen LogP contribution in [0.3, 0.4) is 0 Å². The SMILES string of the molecule is C=C(CN=C=O)CC1CCSCC1. The highest BCUT2D eigenvalue weighted by Crippen LogP contribution is 2.27. The summed E-state index contributed by atoms with van der Waals surface area (Å²) in [4.78, 5) is 13.4. The molecule has 3 heteroatoms. The largest absolute Gasteiger partial charge is 0.235 e. The van der Waals surface area contributed by atoms with Crippen LogP contribution in [0.5, 0.6) is 0 Å². The van der Waals surface area contributed by atoms with Gasteiger partial charge < -0.3 is 0 Å². The van der Waals surface area contributed by atoms with Gasteiger partial charge in [0, 0.05) is 0 Å². The van der Waals surface area contributed by atoms with Gasteiger partial charge in [-0.1, -0.05) is 12.2 Å². The van der Waals surface area contributed by atoms with E-state index in [1.165, 1.54) is 24.3 Å². The summed E-state index contributed by atoms with van der Waals surface area (Å²) >= 11 is 2.03. The summed E-state index contributed by atoms with van der Waals surface area (Å²) in [5.41, 5.74) is 1.07. The number of aliphatic imine (C=N–C) groups is 1. The first-order valence-corrected chi connectivity index (χ1v) is 5.76. The van der Waals surface area contributed by atoms with E-state index in [2.05, 4.69) is 11.6 Å². The summed E-state index contributed by atoms with van der Waals surface area (Å²) < 4.78 is 0. The van der Waals surface area contributed by atoms with Crippen molar-refractivity contribution >= 4 is 17.8 Å². The third-order valence-corrected chi connectivity index (χ3v) is 3.33. The Labute approximate surface area is 83.5 Å². The van der Waals surface area contributed by atoms with Crippen LogP contribution in [0, 0.1) is 5.92 Å². The van der Waals surface area contributed by atoms with Crippen LogP contribution in [0.15, 0.2) is 17.1 Å². The van der Waals surface area contributed by atoms with Crippen LogP contribution in [0.2, 0.25) is 0 Å². The second kappa shape index (κ2) is 6.01. The first kappa shape index (κ1) is 10.6. The van der Waals surface area contributed by atoms with Crippen LogP contribution in [0.25, 0.3) is 0 Å². The molecular formula is C10H15NOS. The predicted molar refractivity (Wildman–Crippen MR) is 56.8 cm³/mol. The molecule has 1 heterocycles. The van der Waals surface area contributed by atoms with Gasteiger partial charge in [0.2, 0.25) is 6.08 Å². The summed E-state index contributed by atoms with van der Waals surface area (Å²) in [5, 5.41) is 0. The van der Waals surface area contributed by atoms with E-state index in [9.17, 15) is 4.79 Å². The molecule has 2 nitrogen and oxygen atoms in total. The van der Waals surface area contributed by atoms with Crippen molar-refractivity contribution < 1.29 is 4.79 Å². The lowest BCUT2D eigenvalue weighted by molar-refractivity contribution is 0.484. The fourth-order valence-corrected chi connectivity index (χ4v) is 2.77. The summed E-state index contributed by atoms with van der Waals surface area (Å²) in [6, 6.07) is 0. The van der Waals surface area contributed by atoms with Gasteiger partial charge in [-0.2, -0.15) is 11.8 Å². The zero-order valence-electron chi connectivity index (χ0n) is 7.79. The molecule has 0 bridgehead atoms. The topological polar surface area (TPSA) is 29.4 Å². The highest BCUT2D eigenvalue weighted by Gasteiger charge is 2.14. The Morgan fingerprint density at radius 2 is 2.23 bits per heavy atom. The maximum Gasteiger partial charge on any atom is 0.235 e. The first-order valence-electron chi connectivity index (χ1n) is 4.61. The molecule has 1 rings (SSSR count). The minimum Gasteiger partial charge on any atom is -0.211 e. The molecular weight excluding hydrogens is 182 g/mol. The molecule has 1 saturated heterocycles. The van der Waals surface area contributed by atoms with Gasteiger partial charge in [0.25, 0.3) is 0 Å². The molecule has 0 atom stereocenters. The lowest BCUT2D eigenvalue weighted by Gasteiger charge is -2.21. The van der Waals surface area contributed by atoms with E-state index in [1.807, 2.05) is 11.8 Å². The Morgan fingerprint density at radius 3 is 2.85 bits per heavy atom. The van der Waals surface area contributed by atoms with Gasteiger partial charge in [-0.15, -0.1) is 0 Å². The van der Waals surface area contributed by atoms with Crippen LogP contribution in [-0.4, -0.2) is 24.1 Å². The number of thioether (sulfide) groups is 1. The molecule has 0 aromatic rings. The Hall–Kier alpha value is -0.530. The average molecular weight is 197 g/mol. The lowest BCUT2D eigenvalue weighted by Crippen LogP contribution is -2.10. The van der Waals surface area contributed by atoms with E-state index in [1.54, 1.807) is 6.08 Å². The second-order valence-electron chi connectivity index (χ2n) is 3.42. The molecule has 1 fully saturated rings. The van der Waals surface area contributed by atoms with Gasteiger partial charge >= 0.3 is 0 Å². The summed E-state index contributed by atoms with van der Waals surface area (Å²) in [5.74, 6) is 3.32. The predicted octanol–water partition coefficient (Wildman–Crippen LogP) is 2.41. The molecule has 0 N–H and O–H groups in total. The number of hydrogen-bond donors (Lipinski definition) is 0. The number of hydrogen-bond acceptors (Lipinski definition) is 3. The third-order valence-electron chi connectivity index (χ3n) is 2.29. The number of carbonyl (C=O) groups excluding carboxylic acids is 1. The van der Waals surface area contributed by atoms with Crippen molar-refractivity contribution in [3.63, 3.8) is 0 Å². The second-order valence-corrected chi connectivity index (χ2v) is 4.64. The maximum atomic E-state index is 9.87. The van der Waals surface area contributed by atoms with Crippen LogP contribution in [-0.2, 0) is 4.79 Å². The zero-order valence-corrected chi connectivity index (χ0v) is 8.61. The molecule has 13 heavy (non-hydrogen) atoms. The van der Waals surface area contributed by atoms with Crippen LogP contribution < -0.4 is 0 Å². The van der Waals surface area contributed by atoms with Gasteiger partial charge in [0.05, 0.1) is 6.54 Å². The molecule has 0 amide bonds. The van der Waals surface area contributed by atoms with E-state index in [0.717, 1.165) is 17.9 Å². The quantitative estimate of drug-likeness (QED) is 0.393. The van der Waals surface area contributed by atoms with Crippen molar-refractivity contribution in [2.24, 2.45) is 10.9 Å². The van der Waals surface area contributed by atoms with E-state index in [-0.39, 0.29) is 0 Å². The highest BCUT2D eigenvalue weighted by atomic mass is 32.2. The number of isocyanates is 1. The van der Waals surface area contributed by atoms with E-state index in [4.69, 9.17) is 0 Å². The normalized spacial score (nSPS) is 17.8. The lowest BCUT2D eigenvalue weighted by atomic mass is 9.95. The van der Waals surface area contributed by atoms with E-state index >= 15 is 0 Å². The van der Waals surface area contributed by atoms with E-state index < -0.39 is 0 Å². The molecule has 0 aliphatic carbocycles. The summed E-state index contributed by atoms with van der Waals surface area (Å²) in [6.45, 7) is 4.37. The standard InChI is InChI=1S/C10H15NOS/c1-9(7-11-8-12)6-10-2-4-13-5-3-10/h10H,1-7H2. The fraction of sp³-hybridized carbons (Fsp3) is 0.700. The van der Waals surface area contributed by atoms with Crippen LogP contribution in [0.1, 0.15) is 19.3 Å². The fourth-order valence-electron chi connectivity index (χ4n) is 1.57. The number of nitrogens with zero attached hydrogens (tertiary/aromatic N) is 1. The Morgan fingerprint density at radius 1 is 1.54 bits per heavy atom. The Kier molecular flexibility index (Phi) is 4.87. The zero-order chi connectivity index (χ0) is 9.52. The van der Waals surface area contributed by atoms with Gasteiger partial charge in [-0.05, 0) is 36.7 Å². The third kappa shape index (κ3) is 4.30. The molecule has 0 aromatic heterocycles. The minimum absolute atomic E-state index is 0.465. The van der Waals surface area contributed by atoms with Crippen molar-refractivity contribution in [2.45, 2.75) is 19.3 Å². The molecule has 0 unspecified atom stereocenters. The molecule has 0 spiro atoms. The van der Waals surface area contributed by atoms with Gasteiger partial charge in [0.15, 0.2) is 0 Å². The molecule has 72 valence electrons. The average Bonchev–Trinajstić information content (AvgIpc) is 2.16. The van der Waals surface area contributed by atoms with Gasteiger partial charge in [-0.3, -0.25) is 0 Å². The summed E-state index contributed by atoms with van der Waals surface area (Å²) in [6.07, 6.45) is 5.15. The Balaban J connectivity index is 2.21. The van der Waals surface area contributed by atoms with Crippen LogP contribution >= 0.6 is 11.8 Å². The summed E-state index contributed by atoms with van der Waals surface area (Å²) in [7, 11) is 0. The van der Waals surface area contributed by atoms with E-state index in [0.29, 0.717) is 6.54 Å². The van der Waals surface area contributed by atoms with Crippen LogP contribution in [0.4, 0.5) is 0 Å². The van der Waals surface area contributed by atoms with Crippen molar-refractivity contribution in [1.29, 1.82) is 0 Å². The molecule has 0 aromatic carbocycles. The number of rotatable bonds is 4. The van der Waals surface area contributed by atoms with Crippen molar-refractivity contribution in [1.82, 2.24) is 0 Å². The molecule has 1 aliphatic heterocycles. The smallest absolute Gasteiger partial charge is 0.211 e. The maximum absolute atomic E-state index is 9.87. The Bertz CT molecular complexity index is 215. The van der Waals surface area contributed by atoms with Crippen molar-refractivity contribution in [2.75, 3.05) is 18.1 Å². The van der Waals surface area contributed by atoms with Crippen molar-refractivity contribution in [3.8, 4) is 0 Å². The van der Waals surface area contributed by atoms with Crippen molar-refractivity contribution in [3.05, 3.63) is 12.2 Å². The van der Waals surface area contributed by atoms with Gasteiger partial charge in [0.1, 0.15) is 0 Å². The molecule has 0 radical (unpaired) electrons. The highest BCUT2D eigenvalue weighted by molar-refractivity contribution is 7.99.